The summed E-state index contributed by atoms with van der Waals surface area (Å²) in [6, 6.07) is 6.83. The summed E-state index contributed by atoms with van der Waals surface area (Å²) in [5.74, 6) is -12.3. The molecule has 0 saturated carbocycles. The zero-order valence-corrected chi connectivity index (χ0v) is 26.0. The summed E-state index contributed by atoms with van der Waals surface area (Å²) < 4.78 is 175. The van der Waals surface area contributed by atoms with Crippen LogP contribution in [0.2, 0.25) is 0 Å². The van der Waals surface area contributed by atoms with E-state index in [1.54, 1.807) is 0 Å². The Balaban J connectivity index is 1.31. The van der Waals surface area contributed by atoms with Crippen molar-refractivity contribution in [1.82, 2.24) is 0 Å². The predicted octanol–water partition coefficient (Wildman–Crippen LogP) is 11.1. The number of benzene rings is 4. The molecule has 4 nitrogen and oxygen atoms in total. The Labute approximate surface area is 278 Å². The van der Waals surface area contributed by atoms with Gasteiger partial charge in [-0.25, -0.2) is 26.3 Å². The van der Waals surface area contributed by atoms with Crippen LogP contribution in [0.15, 0.2) is 60.7 Å². The van der Waals surface area contributed by atoms with Crippen molar-refractivity contribution in [3.8, 4) is 33.8 Å². The van der Waals surface area contributed by atoms with Gasteiger partial charge >= 0.3 is 12.5 Å². The molecule has 1 fully saturated rings. The zero-order valence-electron chi connectivity index (χ0n) is 26.0. The number of hydrogen-bond donors (Lipinski definition) is 0. The SMILES string of the molecule is CCCCCC1COC(c2ccc(-c3cc(F)c(C(F)(F)Oc4ccc(-c5cc(F)c(OC(F)(F)F)c(F)c5)c(F)c4)c(F)c3)c(F)c2)OC1. The van der Waals surface area contributed by atoms with Crippen LogP contribution in [-0.2, 0) is 15.6 Å². The number of ether oxygens (including phenoxy) is 4. The Hall–Kier alpha value is -4.37. The largest absolute Gasteiger partial charge is 0.573 e. The van der Waals surface area contributed by atoms with Crippen molar-refractivity contribution >= 4 is 0 Å². The quantitative estimate of drug-likeness (QED) is 0.114. The van der Waals surface area contributed by atoms with Crippen LogP contribution >= 0.6 is 0 Å². The topological polar surface area (TPSA) is 36.9 Å². The Morgan fingerprint density at radius 1 is 0.640 bits per heavy atom. The first-order valence-corrected chi connectivity index (χ1v) is 15.2. The lowest BCUT2D eigenvalue weighted by molar-refractivity contribution is -0.276. The second-order valence-electron chi connectivity index (χ2n) is 11.5. The van der Waals surface area contributed by atoms with Gasteiger partial charge in [0, 0.05) is 28.7 Å². The monoisotopic (exact) mass is 720 g/mol. The van der Waals surface area contributed by atoms with Gasteiger partial charge < -0.3 is 18.9 Å². The summed E-state index contributed by atoms with van der Waals surface area (Å²) in [5.41, 5.74) is -3.62. The highest BCUT2D eigenvalue weighted by Gasteiger charge is 2.42. The van der Waals surface area contributed by atoms with Gasteiger partial charge in [-0.05, 0) is 60.0 Å². The highest BCUT2D eigenvalue weighted by Crippen LogP contribution is 2.40. The first-order valence-electron chi connectivity index (χ1n) is 15.2. The van der Waals surface area contributed by atoms with Crippen molar-refractivity contribution in [1.29, 1.82) is 0 Å². The average molecular weight is 721 g/mol. The maximum atomic E-state index is 15.1. The Morgan fingerprint density at radius 3 is 1.70 bits per heavy atom. The summed E-state index contributed by atoms with van der Waals surface area (Å²) >= 11 is 0. The van der Waals surface area contributed by atoms with Crippen LogP contribution in [0.25, 0.3) is 22.3 Å². The summed E-state index contributed by atoms with van der Waals surface area (Å²) in [6.45, 7) is 2.90. The minimum absolute atomic E-state index is 0.194. The molecule has 4 aromatic carbocycles. The summed E-state index contributed by atoms with van der Waals surface area (Å²) in [6.07, 6.45) is -6.97. The standard InChI is InChI=1S/C35H27F11O4/c1-2-3-4-5-18-16-47-33(48-17-18)19-6-8-23(25(36)10-19)20-11-27(38)31(28(39)12-20)34(42,43)49-22-7-9-24(26(37)15-22)21-13-29(40)32(30(41)14-21)50-35(44,45)46/h6-15,18,33H,2-5,16-17H2,1H3. The van der Waals surface area contributed by atoms with Gasteiger partial charge in [-0.1, -0.05) is 38.3 Å². The fourth-order valence-corrected chi connectivity index (χ4v) is 5.43. The van der Waals surface area contributed by atoms with E-state index in [4.69, 9.17) is 9.47 Å². The van der Waals surface area contributed by atoms with Gasteiger partial charge in [-0.2, -0.15) is 8.78 Å². The third kappa shape index (κ3) is 8.49. The highest BCUT2D eigenvalue weighted by atomic mass is 19.4. The van der Waals surface area contributed by atoms with E-state index in [2.05, 4.69) is 16.4 Å². The molecule has 0 bridgehead atoms. The van der Waals surface area contributed by atoms with Crippen molar-refractivity contribution in [3.05, 3.63) is 107 Å². The van der Waals surface area contributed by atoms with Gasteiger partial charge in [0.25, 0.3) is 0 Å². The van der Waals surface area contributed by atoms with Crippen LogP contribution in [0.4, 0.5) is 48.3 Å². The van der Waals surface area contributed by atoms with Crippen LogP contribution in [0.1, 0.15) is 50.0 Å². The molecular formula is C35H27F11O4. The molecule has 4 aromatic rings. The molecule has 0 amide bonds. The molecule has 0 aliphatic carbocycles. The molecule has 268 valence electrons. The van der Waals surface area contributed by atoms with Crippen molar-refractivity contribution in [2.24, 2.45) is 5.92 Å². The predicted molar refractivity (Wildman–Crippen MR) is 157 cm³/mol. The first-order chi connectivity index (χ1) is 23.6. The molecule has 0 radical (unpaired) electrons. The molecule has 50 heavy (non-hydrogen) atoms. The molecule has 0 unspecified atom stereocenters. The number of halogens is 11. The third-order valence-electron chi connectivity index (χ3n) is 7.81. The van der Waals surface area contributed by atoms with Crippen molar-refractivity contribution in [2.75, 3.05) is 13.2 Å². The van der Waals surface area contributed by atoms with Crippen LogP contribution in [0, 0.1) is 40.8 Å². The lowest BCUT2D eigenvalue weighted by Crippen LogP contribution is -2.27. The zero-order chi connectivity index (χ0) is 36.4. The second-order valence-corrected chi connectivity index (χ2v) is 11.5. The van der Waals surface area contributed by atoms with Crippen LogP contribution in [0.3, 0.4) is 0 Å². The van der Waals surface area contributed by atoms with E-state index in [0.717, 1.165) is 31.7 Å². The molecule has 0 aromatic heterocycles. The van der Waals surface area contributed by atoms with Crippen molar-refractivity contribution in [3.63, 3.8) is 0 Å². The van der Waals surface area contributed by atoms with E-state index in [-0.39, 0.29) is 11.5 Å². The Morgan fingerprint density at radius 2 is 1.18 bits per heavy atom. The van der Waals surface area contributed by atoms with E-state index >= 15 is 22.0 Å². The molecule has 1 aliphatic heterocycles. The molecule has 0 N–H and O–H groups in total. The van der Waals surface area contributed by atoms with Gasteiger partial charge in [-0.15, -0.1) is 13.2 Å². The van der Waals surface area contributed by atoms with E-state index in [1.807, 2.05) is 0 Å². The maximum Gasteiger partial charge on any atom is 0.573 e. The molecule has 0 atom stereocenters. The molecule has 5 rings (SSSR count). The maximum absolute atomic E-state index is 15.1. The molecule has 1 aliphatic rings. The molecule has 1 saturated heterocycles. The molecular weight excluding hydrogens is 693 g/mol. The number of hydrogen-bond acceptors (Lipinski definition) is 4. The minimum Gasteiger partial charge on any atom is -0.429 e. The smallest absolute Gasteiger partial charge is 0.429 e. The number of rotatable bonds is 11. The molecule has 15 heteroatoms. The van der Waals surface area contributed by atoms with E-state index < -0.39 is 87.4 Å². The lowest BCUT2D eigenvalue weighted by atomic mass is 9.99. The van der Waals surface area contributed by atoms with E-state index in [1.165, 1.54) is 12.1 Å². The highest BCUT2D eigenvalue weighted by molar-refractivity contribution is 5.67. The Bertz CT molecular complexity index is 1790. The van der Waals surface area contributed by atoms with Crippen LogP contribution in [0.5, 0.6) is 11.5 Å². The van der Waals surface area contributed by atoms with Crippen molar-refractivity contribution in [2.45, 2.75) is 51.4 Å². The number of unbranched alkanes of at least 4 members (excludes halogenated alkanes) is 2. The first kappa shape index (κ1) is 36.9. The average Bonchev–Trinajstić information content (AvgIpc) is 3.02. The fraction of sp³-hybridized carbons (Fsp3) is 0.314. The van der Waals surface area contributed by atoms with Gasteiger partial charge in [-0.3, -0.25) is 0 Å². The van der Waals surface area contributed by atoms with Gasteiger partial charge in [0.1, 0.15) is 34.6 Å². The minimum atomic E-state index is -5.43. The fourth-order valence-electron chi connectivity index (χ4n) is 5.43. The van der Waals surface area contributed by atoms with Crippen LogP contribution in [-0.4, -0.2) is 19.6 Å². The normalized spacial score (nSPS) is 16.8. The van der Waals surface area contributed by atoms with Crippen molar-refractivity contribution < 1.29 is 67.2 Å². The van der Waals surface area contributed by atoms with E-state index in [0.29, 0.717) is 61.2 Å². The summed E-state index contributed by atoms with van der Waals surface area (Å²) in [7, 11) is 0. The second kappa shape index (κ2) is 14.9. The summed E-state index contributed by atoms with van der Waals surface area (Å²) in [5, 5.41) is 0. The lowest BCUT2D eigenvalue weighted by Gasteiger charge is -2.29. The molecule has 0 spiro atoms. The molecule has 1 heterocycles. The summed E-state index contributed by atoms with van der Waals surface area (Å²) in [4.78, 5) is 0. The van der Waals surface area contributed by atoms with E-state index in [9.17, 15) is 26.3 Å². The Kier molecular flexibility index (Phi) is 11.0. The number of alkyl halides is 5. The van der Waals surface area contributed by atoms with Crippen LogP contribution < -0.4 is 9.47 Å². The van der Waals surface area contributed by atoms with Gasteiger partial charge in [0.2, 0.25) is 5.75 Å². The third-order valence-corrected chi connectivity index (χ3v) is 7.81. The van der Waals surface area contributed by atoms with Gasteiger partial charge in [0.15, 0.2) is 17.9 Å². The van der Waals surface area contributed by atoms with Gasteiger partial charge in [0.05, 0.1) is 13.2 Å².